The van der Waals surface area contributed by atoms with Gasteiger partial charge in [0.25, 0.3) is 0 Å². The van der Waals surface area contributed by atoms with Crippen LogP contribution < -0.4 is 14.8 Å². The molecule has 0 aliphatic rings. The number of benzene rings is 1. The number of aliphatic hydroxyl groups excluding tert-OH is 1. The van der Waals surface area contributed by atoms with Gasteiger partial charge in [0.1, 0.15) is 5.75 Å². The van der Waals surface area contributed by atoms with E-state index in [2.05, 4.69) is 15.0 Å². The number of allylic oxidation sites excluding steroid dienone is 1. The molecule has 0 bridgehead atoms. The number of ether oxygens (including phenoxy) is 2. The number of aliphatic hydroxyl groups is 1. The molecule has 31 heavy (non-hydrogen) atoms. The third-order valence-electron chi connectivity index (χ3n) is 4.45. The van der Waals surface area contributed by atoms with Crippen molar-refractivity contribution >= 4 is 0 Å². The zero-order chi connectivity index (χ0) is 23.6. The summed E-state index contributed by atoms with van der Waals surface area (Å²) in [5.41, 5.74) is 4.62. The summed E-state index contributed by atoms with van der Waals surface area (Å²) in [7, 11) is 1.78. The molecular formula is C23H31F3N2O3. The van der Waals surface area contributed by atoms with Crippen LogP contribution in [-0.4, -0.2) is 23.5 Å². The highest BCUT2D eigenvalue weighted by molar-refractivity contribution is 5.72. The molecule has 0 saturated carbocycles. The number of nitrogens with zero attached hydrogens (tertiary/aromatic N) is 1. The highest BCUT2D eigenvalue weighted by atomic mass is 19.4. The molecule has 8 heteroatoms. The average molecular weight is 441 g/mol. The van der Waals surface area contributed by atoms with Gasteiger partial charge >= 0.3 is 6.36 Å². The van der Waals surface area contributed by atoms with Crippen LogP contribution in [0.1, 0.15) is 50.8 Å². The lowest BCUT2D eigenvalue weighted by atomic mass is 9.94. The molecule has 0 aliphatic carbocycles. The summed E-state index contributed by atoms with van der Waals surface area (Å²) in [6, 6.07) is 4.55. The van der Waals surface area contributed by atoms with E-state index in [0.29, 0.717) is 23.4 Å². The Kier molecular flexibility index (Phi) is 10.5. The molecule has 0 fully saturated rings. The molecule has 1 heterocycles. The van der Waals surface area contributed by atoms with E-state index in [1.54, 1.807) is 13.3 Å². The van der Waals surface area contributed by atoms with Crippen LogP contribution in [-0.2, 0) is 13.2 Å². The Morgan fingerprint density at radius 1 is 1.26 bits per heavy atom. The molecule has 0 amide bonds. The smallest absolute Gasteiger partial charge is 0.464 e. The summed E-state index contributed by atoms with van der Waals surface area (Å²) in [5.74, 6) is -0.00187. The summed E-state index contributed by atoms with van der Waals surface area (Å²) >= 11 is 0. The van der Waals surface area contributed by atoms with Crippen molar-refractivity contribution in [3.63, 3.8) is 0 Å². The van der Waals surface area contributed by atoms with Gasteiger partial charge in [-0.25, -0.2) is 4.98 Å². The number of rotatable bonds is 8. The van der Waals surface area contributed by atoms with Crippen molar-refractivity contribution in [3.8, 4) is 22.8 Å². The summed E-state index contributed by atoms with van der Waals surface area (Å²) < 4.78 is 46.8. The van der Waals surface area contributed by atoms with Crippen molar-refractivity contribution in [2.75, 3.05) is 7.05 Å². The quantitative estimate of drug-likeness (QED) is 0.502. The van der Waals surface area contributed by atoms with E-state index in [-0.39, 0.29) is 6.61 Å². The first-order valence-corrected chi connectivity index (χ1v) is 10.1. The van der Waals surface area contributed by atoms with Gasteiger partial charge in [-0.05, 0) is 61.7 Å². The standard InChI is InChI=1S/C21H25F3N2O3.C2H6/c1-5-13(2)12-28-20-14(3)17(8-16(9-25-4)18(20)11-27)15-6-7-19(26-10-15)29-21(22,23)24;1-2/h6-8,10,12,25,27H,5,9,11H2,1-4H3;1-2H3/b13-12+;. The van der Waals surface area contributed by atoms with E-state index in [0.717, 1.165) is 28.7 Å². The van der Waals surface area contributed by atoms with Crippen molar-refractivity contribution in [1.82, 2.24) is 10.3 Å². The van der Waals surface area contributed by atoms with Gasteiger partial charge in [-0.2, -0.15) is 0 Å². The Hall–Kier alpha value is -2.58. The van der Waals surface area contributed by atoms with Crippen LogP contribution in [0.5, 0.6) is 11.6 Å². The minimum atomic E-state index is -4.79. The molecule has 2 aromatic rings. The number of aromatic nitrogens is 1. The number of nitrogens with one attached hydrogen (secondary N) is 1. The SMILES string of the molecule is CC.CC/C(C)=C/Oc1c(C)c(-c2ccc(OC(F)(F)F)nc2)cc(CNC)c1CO. The Morgan fingerprint density at radius 2 is 1.94 bits per heavy atom. The van der Waals surface area contributed by atoms with Gasteiger partial charge in [0, 0.05) is 29.9 Å². The molecule has 0 radical (unpaired) electrons. The minimum Gasteiger partial charge on any atom is -0.464 e. The molecule has 172 valence electrons. The summed E-state index contributed by atoms with van der Waals surface area (Å²) in [4.78, 5) is 3.76. The molecule has 1 aromatic heterocycles. The second kappa shape index (κ2) is 12.3. The second-order valence-electron chi connectivity index (χ2n) is 6.57. The third-order valence-corrected chi connectivity index (χ3v) is 4.45. The average Bonchev–Trinajstić information content (AvgIpc) is 2.74. The lowest BCUT2D eigenvalue weighted by Gasteiger charge is -2.19. The predicted molar refractivity (Wildman–Crippen MR) is 116 cm³/mol. The zero-order valence-electron chi connectivity index (χ0n) is 18.9. The van der Waals surface area contributed by atoms with E-state index in [1.165, 1.54) is 18.3 Å². The van der Waals surface area contributed by atoms with Crippen molar-refractivity contribution in [1.29, 1.82) is 0 Å². The Balaban J connectivity index is 0.00000233. The van der Waals surface area contributed by atoms with Crippen molar-refractivity contribution in [2.24, 2.45) is 0 Å². The number of hydrogen-bond acceptors (Lipinski definition) is 5. The molecule has 1 aromatic carbocycles. The van der Waals surface area contributed by atoms with Crippen LogP contribution >= 0.6 is 0 Å². The molecule has 0 saturated heterocycles. The van der Waals surface area contributed by atoms with Gasteiger partial charge < -0.3 is 19.9 Å². The third kappa shape index (κ3) is 7.56. The van der Waals surface area contributed by atoms with Crippen LogP contribution in [0.25, 0.3) is 11.1 Å². The van der Waals surface area contributed by atoms with Gasteiger partial charge in [0.2, 0.25) is 5.88 Å². The largest absolute Gasteiger partial charge is 0.574 e. The first kappa shape index (κ1) is 26.5. The first-order valence-electron chi connectivity index (χ1n) is 10.1. The number of halogens is 3. The van der Waals surface area contributed by atoms with Crippen LogP contribution in [0.3, 0.4) is 0 Å². The minimum absolute atomic E-state index is 0.205. The molecule has 0 atom stereocenters. The fourth-order valence-corrected chi connectivity index (χ4v) is 2.81. The maximum absolute atomic E-state index is 12.4. The Morgan fingerprint density at radius 3 is 2.42 bits per heavy atom. The normalized spacial score (nSPS) is 11.6. The van der Waals surface area contributed by atoms with E-state index < -0.39 is 12.2 Å². The second-order valence-corrected chi connectivity index (χ2v) is 6.57. The first-order chi connectivity index (χ1) is 14.7. The summed E-state index contributed by atoms with van der Waals surface area (Å²) in [6.07, 6.45) is -1.01. The van der Waals surface area contributed by atoms with Crippen LogP contribution in [0.2, 0.25) is 0 Å². The lowest BCUT2D eigenvalue weighted by Crippen LogP contribution is -2.17. The zero-order valence-corrected chi connectivity index (χ0v) is 18.9. The molecular weight excluding hydrogens is 409 g/mol. The summed E-state index contributed by atoms with van der Waals surface area (Å²) in [6.45, 7) is 10.1. The lowest BCUT2D eigenvalue weighted by molar-refractivity contribution is -0.276. The fraction of sp³-hybridized carbons (Fsp3) is 0.435. The summed E-state index contributed by atoms with van der Waals surface area (Å²) in [5, 5.41) is 13.0. The van der Waals surface area contributed by atoms with Crippen molar-refractivity contribution < 1.29 is 27.8 Å². The monoisotopic (exact) mass is 440 g/mol. The van der Waals surface area contributed by atoms with Crippen LogP contribution in [0.15, 0.2) is 36.2 Å². The van der Waals surface area contributed by atoms with Gasteiger partial charge in [-0.15, -0.1) is 13.2 Å². The molecule has 2 rings (SSSR count). The fourth-order valence-electron chi connectivity index (χ4n) is 2.81. The Labute approximate surface area is 181 Å². The molecule has 0 unspecified atom stereocenters. The van der Waals surface area contributed by atoms with E-state index in [1.807, 2.05) is 40.7 Å². The van der Waals surface area contributed by atoms with Crippen LogP contribution in [0, 0.1) is 6.92 Å². The maximum Gasteiger partial charge on any atom is 0.574 e. The van der Waals surface area contributed by atoms with Crippen molar-refractivity contribution in [2.45, 2.75) is 60.6 Å². The highest BCUT2D eigenvalue weighted by Gasteiger charge is 2.31. The maximum atomic E-state index is 12.4. The van der Waals surface area contributed by atoms with E-state index in [9.17, 15) is 18.3 Å². The Bertz CT molecular complexity index is 864. The predicted octanol–water partition coefficient (Wildman–Crippen LogP) is 5.89. The molecule has 0 spiro atoms. The van der Waals surface area contributed by atoms with Crippen molar-refractivity contribution in [3.05, 3.63) is 52.9 Å². The van der Waals surface area contributed by atoms with E-state index in [4.69, 9.17) is 4.74 Å². The number of alkyl halides is 3. The molecule has 0 aliphatic heterocycles. The molecule has 5 nitrogen and oxygen atoms in total. The topological polar surface area (TPSA) is 63.6 Å². The van der Waals surface area contributed by atoms with Gasteiger partial charge in [0.05, 0.1) is 12.9 Å². The van der Waals surface area contributed by atoms with E-state index >= 15 is 0 Å². The van der Waals surface area contributed by atoms with Gasteiger partial charge in [-0.3, -0.25) is 0 Å². The molecule has 2 N–H and O–H groups in total. The highest BCUT2D eigenvalue weighted by Crippen LogP contribution is 2.37. The van der Waals surface area contributed by atoms with Crippen LogP contribution in [0.4, 0.5) is 13.2 Å². The number of hydrogen-bond donors (Lipinski definition) is 2. The number of pyridine rings is 1. The van der Waals surface area contributed by atoms with Gasteiger partial charge in [-0.1, -0.05) is 20.8 Å². The van der Waals surface area contributed by atoms with Gasteiger partial charge in [0.15, 0.2) is 0 Å².